The minimum Gasteiger partial charge on any atom is -0.298 e. The number of hydrogen-bond acceptors (Lipinski definition) is 1. The van der Waals surface area contributed by atoms with E-state index in [9.17, 15) is 9.18 Å². The maximum Gasteiger partial charge on any atom is 0.145 e. The van der Waals surface area contributed by atoms with Crippen LogP contribution in [-0.4, -0.2) is 6.29 Å². The van der Waals surface area contributed by atoms with Crippen LogP contribution >= 0.6 is 0 Å². The molecule has 0 heterocycles. The molecule has 0 fully saturated rings. The first-order chi connectivity index (χ1) is 9.86. The lowest BCUT2D eigenvalue weighted by atomic mass is 9.72. The van der Waals surface area contributed by atoms with Gasteiger partial charge in [0.2, 0.25) is 0 Å². The highest BCUT2D eigenvalue weighted by Gasteiger charge is 2.26. The van der Waals surface area contributed by atoms with Gasteiger partial charge in [0.1, 0.15) is 12.1 Å². The lowest BCUT2D eigenvalue weighted by Gasteiger charge is -2.32. The number of aldehydes is 1. The fourth-order valence-electron chi connectivity index (χ4n) is 2.69. The molecule has 0 aromatic rings. The van der Waals surface area contributed by atoms with Crippen molar-refractivity contribution in [2.45, 2.75) is 47.0 Å². The van der Waals surface area contributed by atoms with Gasteiger partial charge in [-0.3, -0.25) is 4.79 Å². The van der Waals surface area contributed by atoms with Gasteiger partial charge in [-0.05, 0) is 50.2 Å². The van der Waals surface area contributed by atoms with Crippen LogP contribution in [0.25, 0.3) is 0 Å². The third kappa shape index (κ3) is 5.66. The van der Waals surface area contributed by atoms with Crippen molar-refractivity contribution >= 4 is 6.29 Å². The van der Waals surface area contributed by atoms with E-state index in [-0.39, 0.29) is 5.41 Å². The van der Waals surface area contributed by atoms with Gasteiger partial charge < -0.3 is 0 Å². The number of allylic oxidation sites excluding steroid dienone is 10. The number of carbonyl (C=O) groups excluding carboxylic acids is 1. The van der Waals surface area contributed by atoms with Gasteiger partial charge in [-0.25, -0.2) is 4.39 Å². The number of halogens is 1. The normalized spacial score (nSPS) is 20.6. The molecule has 0 N–H and O–H groups in total. The van der Waals surface area contributed by atoms with Crippen LogP contribution in [0.15, 0.2) is 59.0 Å². The van der Waals surface area contributed by atoms with Crippen molar-refractivity contribution in [2.75, 3.05) is 0 Å². The Balaban J connectivity index is 2.80. The van der Waals surface area contributed by atoms with Crippen LogP contribution in [0.1, 0.15) is 47.0 Å². The van der Waals surface area contributed by atoms with Crippen molar-refractivity contribution in [2.24, 2.45) is 5.41 Å². The predicted octanol–water partition coefficient (Wildman–Crippen LogP) is 5.62. The summed E-state index contributed by atoms with van der Waals surface area (Å²) >= 11 is 0. The molecule has 0 radical (unpaired) electrons. The summed E-state index contributed by atoms with van der Waals surface area (Å²) in [5.74, 6) is -0.537. The second-order valence-corrected chi connectivity index (χ2v) is 6.22. The van der Waals surface area contributed by atoms with Crippen LogP contribution < -0.4 is 0 Å². The number of hydrogen-bond donors (Lipinski definition) is 0. The van der Waals surface area contributed by atoms with E-state index in [1.807, 2.05) is 13.0 Å². The van der Waals surface area contributed by atoms with E-state index in [0.29, 0.717) is 6.29 Å². The molecule has 0 unspecified atom stereocenters. The lowest BCUT2D eigenvalue weighted by Crippen LogP contribution is -2.19. The summed E-state index contributed by atoms with van der Waals surface area (Å²) in [6.45, 7) is 8.76. The first kappa shape index (κ1) is 17.4. The minimum absolute atomic E-state index is 0.230. The Labute approximate surface area is 127 Å². The molecule has 0 spiro atoms. The van der Waals surface area contributed by atoms with Gasteiger partial charge >= 0.3 is 0 Å². The fourth-order valence-corrected chi connectivity index (χ4v) is 2.69. The van der Waals surface area contributed by atoms with E-state index in [0.717, 1.165) is 11.6 Å². The Morgan fingerprint density at radius 2 is 1.95 bits per heavy atom. The average molecular weight is 288 g/mol. The molecule has 2 heteroatoms. The molecule has 0 amide bonds. The van der Waals surface area contributed by atoms with Gasteiger partial charge in [-0.2, -0.15) is 0 Å². The summed E-state index contributed by atoms with van der Waals surface area (Å²) in [7, 11) is 0. The molecule has 0 aromatic carbocycles. The molecule has 0 saturated heterocycles. The Bertz CT molecular complexity index is 528. The zero-order chi connectivity index (χ0) is 15.9. The van der Waals surface area contributed by atoms with E-state index in [4.69, 9.17) is 0 Å². The standard InChI is InChI=1S/C19H25FO/c1-15(7-5-9-17(20)12-14-21)10-11-18-16(2)8-6-13-19(18,3)4/h5,7,9-12,14H,6,8,13H2,1-4H3/b9-5+,11-10+,15-7+,17-12-. The zero-order valence-electron chi connectivity index (χ0n) is 13.4. The predicted molar refractivity (Wildman–Crippen MR) is 87.6 cm³/mol. The smallest absolute Gasteiger partial charge is 0.145 e. The maximum atomic E-state index is 13.0. The van der Waals surface area contributed by atoms with Crippen molar-refractivity contribution in [3.63, 3.8) is 0 Å². The third-order valence-corrected chi connectivity index (χ3v) is 3.90. The Kier molecular flexibility index (Phi) is 6.54. The molecule has 0 atom stereocenters. The summed E-state index contributed by atoms with van der Waals surface area (Å²) in [5.41, 5.74) is 4.16. The van der Waals surface area contributed by atoms with Crippen LogP contribution in [0.4, 0.5) is 4.39 Å². The van der Waals surface area contributed by atoms with Gasteiger partial charge in [-0.1, -0.05) is 49.3 Å². The summed E-state index contributed by atoms with van der Waals surface area (Å²) in [5, 5.41) is 0. The van der Waals surface area contributed by atoms with Gasteiger partial charge in [0, 0.05) is 6.08 Å². The van der Waals surface area contributed by atoms with Crippen molar-refractivity contribution in [1.29, 1.82) is 0 Å². The van der Waals surface area contributed by atoms with Gasteiger partial charge in [0.25, 0.3) is 0 Å². The number of carbonyl (C=O) groups is 1. The minimum atomic E-state index is -0.537. The van der Waals surface area contributed by atoms with Crippen molar-refractivity contribution in [3.8, 4) is 0 Å². The topological polar surface area (TPSA) is 17.1 Å². The summed E-state index contributed by atoms with van der Waals surface area (Å²) in [4.78, 5) is 10.1. The van der Waals surface area contributed by atoms with E-state index in [2.05, 4.69) is 32.9 Å². The molecular formula is C19H25FO. The highest BCUT2D eigenvalue weighted by Crippen LogP contribution is 2.40. The molecule has 114 valence electrons. The first-order valence-corrected chi connectivity index (χ1v) is 7.41. The van der Waals surface area contributed by atoms with E-state index in [1.54, 1.807) is 6.08 Å². The number of rotatable bonds is 5. The SMILES string of the molecule is CC1=C(/C=C/C(C)=C/C=C/C(F)=C/C=O)C(C)(C)CCC1. The zero-order valence-corrected chi connectivity index (χ0v) is 13.4. The molecule has 1 nitrogen and oxygen atoms in total. The van der Waals surface area contributed by atoms with Crippen LogP contribution in [0, 0.1) is 5.41 Å². The average Bonchev–Trinajstić information content (AvgIpc) is 2.37. The van der Waals surface area contributed by atoms with Gasteiger partial charge in [-0.15, -0.1) is 0 Å². The quantitative estimate of drug-likeness (QED) is 0.364. The van der Waals surface area contributed by atoms with Crippen LogP contribution in [0.2, 0.25) is 0 Å². The molecule has 1 rings (SSSR count). The van der Waals surface area contributed by atoms with Crippen molar-refractivity contribution in [3.05, 3.63) is 59.0 Å². The summed E-state index contributed by atoms with van der Waals surface area (Å²) in [6.07, 6.45) is 14.0. The van der Waals surface area contributed by atoms with Crippen LogP contribution in [0.5, 0.6) is 0 Å². The lowest BCUT2D eigenvalue weighted by molar-refractivity contribution is -0.104. The fraction of sp³-hybridized carbons (Fsp3) is 0.421. The highest BCUT2D eigenvalue weighted by atomic mass is 19.1. The van der Waals surface area contributed by atoms with E-state index in [1.165, 1.54) is 36.5 Å². The van der Waals surface area contributed by atoms with E-state index < -0.39 is 5.83 Å². The van der Waals surface area contributed by atoms with Gasteiger partial charge in [0.05, 0.1) is 0 Å². The van der Waals surface area contributed by atoms with Crippen LogP contribution in [-0.2, 0) is 4.79 Å². The molecule has 0 aliphatic heterocycles. The Morgan fingerprint density at radius 1 is 1.24 bits per heavy atom. The highest BCUT2D eigenvalue weighted by molar-refractivity contribution is 5.66. The Hall–Kier alpha value is -1.70. The second-order valence-electron chi connectivity index (χ2n) is 6.22. The molecule has 0 bridgehead atoms. The van der Waals surface area contributed by atoms with Crippen LogP contribution in [0.3, 0.4) is 0 Å². The molecule has 0 aromatic heterocycles. The summed E-state index contributed by atoms with van der Waals surface area (Å²) in [6, 6.07) is 0. The van der Waals surface area contributed by atoms with Crippen molar-refractivity contribution < 1.29 is 9.18 Å². The van der Waals surface area contributed by atoms with Gasteiger partial charge in [0.15, 0.2) is 0 Å². The summed E-state index contributed by atoms with van der Waals surface area (Å²) < 4.78 is 13.0. The first-order valence-electron chi connectivity index (χ1n) is 7.41. The maximum absolute atomic E-state index is 13.0. The molecule has 1 aliphatic carbocycles. The molecule has 21 heavy (non-hydrogen) atoms. The second kappa shape index (κ2) is 7.92. The molecular weight excluding hydrogens is 263 g/mol. The largest absolute Gasteiger partial charge is 0.298 e. The molecule has 1 aliphatic rings. The van der Waals surface area contributed by atoms with E-state index >= 15 is 0 Å². The Morgan fingerprint density at radius 3 is 2.57 bits per heavy atom. The third-order valence-electron chi connectivity index (χ3n) is 3.90. The molecule has 0 saturated carbocycles. The van der Waals surface area contributed by atoms with Crippen molar-refractivity contribution in [1.82, 2.24) is 0 Å². The monoisotopic (exact) mass is 288 g/mol.